The van der Waals surface area contributed by atoms with Crippen LogP contribution in [0.5, 0.6) is 0 Å². The Labute approximate surface area is 161 Å². The van der Waals surface area contributed by atoms with Gasteiger partial charge in [0.1, 0.15) is 0 Å². The van der Waals surface area contributed by atoms with Crippen molar-refractivity contribution >= 4 is 5.91 Å². The second-order valence-corrected chi connectivity index (χ2v) is 7.64. The molecule has 6 heteroatoms. The van der Waals surface area contributed by atoms with Crippen LogP contribution in [0.1, 0.15) is 68.6 Å². The summed E-state index contributed by atoms with van der Waals surface area (Å²) in [5.74, 6) is 2.03. The van der Waals surface area contributed by atoms with Crippen molar-refractivity contribution in [1.29, 1.82) is 0 Å². The zero-order valence-corrected chi connectivity index (χ0v) is 16.4. The summed E-state index contributed by atoms with van der Waals surface area (Å²) < 4.78 is 5.53. The minimum absolute atomic E-state index is 0.113. The molecule has 0 radical (unpaired) electrons. The first-order valence-electron chi connectivity index (χ1n) is 9.98. The number of hydrogen-bond donors (Lipinski definition) is 1. The van der Waals surface area contributed by atoms with Crippen LogP contribution in [-0.4, -0.2) is 40.6 Å². The van der Waals surface area contributed by atoms with Gasteiger partial charge < -0.3 is 9.84 Å². The summed E-state index contributed by atoms with van der Waals surface area (Å²) in [6.07, 6.45) is 3.41. The van der Waals surface area contributed by atoms with Crippen molar-refractivity contribution in [3.63, 3.8) is 0 Å². The van der Waals surface area contributed by atoms with E-state index in [0.29, 0.717) is 18.9 Å². The third-order valence-corrected chi connectivity index (χ3v) is 5.07. The third kappa shape index (κ3) is 5.89. The molecule has 0 bridgehead atoms. The van der Waals surface area contributed by atoms with Gasteiger partial charge >= 0.3 is 0 Å². The maximum Gasteiger partial charge on any atom is 0.229 e. The SMILES string of the molecule is CC(C)c1noc(C2CCCN(Cc3ccccc3)CCC(=O)NCC2)n1. The fraction of sp³-hybridized carbons (Fsp3) is 0.571. The first kappa shape index (κ1) is 19.5. The van der Waals surface area contributed by atoms with Gasteiger partial charge in [0.2, 0.25) is 11.8 Å². The Kier molecular flexibility index (Phi) is 6.98. The Morgan fingerprint density at radius 1 is 1.22 bits per heavy atom. The molecule has 146 valence electrons. The minimum Gasteiger partial charge on any atom is -0.356 e. The lowest BCUT2D eigenvalue weighted by Gasteiger charge is -2.22. The number of carbonyl (C=O) groups excluding carboxylic acids is 1. The summed E-state index contributed by atoms with van der Waals surface area (Å²) in [5.41, 5.74) is 1.28. The Bertz CT molecular complexity index is 714. The molecule has 1 aliphatic rings. The highest BCUT2D eigenvalue weighted by atomic mass is 16.5. The van der Waals surface area contributed by atoms with Gasteiger partial charge in [-0.3, -0.25) is 9.69 Å². The Balaban J connectivity index is 1.65. The minimum atomic E-state index is 0.113. The summed E-state index contributed by atoms with van der Waals surface area (Å²) >= 11 is 0. The Morgan fingerprint density at radius 3 is 2.78 bits per heavy atom. The highest BCUT2D eigenvalue weighted by Gasteiger charge is 2.21. The molecular weight excluding hydrogens is 340 g/mol. The lowest BCUT2D eigenvalue weighted by molar-refractivity contribution is -0.121. The van der Waals surface area contributed by atoms with Gasteiger partial charge in [0.25, 0.3) is 0 Å². The molecule has 1 amide bonds. The van der Waals surface area contributed by atoms with Crippen molar-refractivity contribution < 1.29 is 9.32 Å². The van der Waals surface area contributed by atoms with E-state index in [1.54, 1.807) is 0 Å². The molecule has 1 aromatic carbocycles. The molecular formula is C21H30N4O2. The first-order chi connectivity index (χ1) is 13.1. The number of hydrogen-bond acceptors (Lipinski definition) is 5. The molecule has 1 N–H and O–H groups in total. The second-order valence-electron chi connectivity index (χ2n) is 7.64. The molecule has 1 aliphatic heterocycles. The maximum absolute atomic E-state index is 12.2. The maximum atomic E-state index is 12.2. The molecule has 2 heterocycles. The van der Waals surface area contributed by atoms with E-state index in [2.05, 4.69) is 58.5 Å². The molecule has 1 unspecified atom stereocenters. The van der Waals surface area contributed by atoms with Crippen molar-refractivity contribution in [2.45, 2.75) is 57.9 Å². The average molecular weight is 370 g/mol. The lowest BCUT2D eigenvalue weighted by Crippen LogP contribution is -2.31. The van der Waals surface area contributed by atoms with Gasteiger partial charge in [-0.2, -0.15) is 4.98 Å². The quantitative estimate of drug-likeness (QED) is 0.892. The van der Waals surface area contributed by atoms with Gasteiger partial charge in [0.15, 0.2) is 5.82 Å². The van der Waals surface area contributed by atoms with Gasteiger partial charge in [-0.25, -0.2) is 0 Å². The monoisotopic (exact) mass is 370 g/mol. The molecule has 0 aliphatic carbocycles. The van der Waals surface area contributed by atoms with E-state index in [1.807, 2.05) is 6.07 Å². The van der Waals surface area contributed by atoms with Crippen molar-refractivity contribution in [3.8, 4) is 0 Å². The first-order valence-corrected chi connectivity index (χ1v) is 9.98. The molecule has 0 spiro atoms. The summed E-state index contributed by atoms with van der Waals surface area (Å²) in [4.78, 5) is 19.1. The van der Waals surface area contributed by atoms with Crippen molar-refractivity contribution in [2.75, 3.05) is 19.6 Å². The molecule has 3 rings (SSSR count). The molecule has 27 heavy (non-hydrogen) atoms. The smallest absolute Gasteiger partial charge is 0.229 e. The van der Waals surface area contributed by atoms with E-state index in [9.17, 15) is 4.79 Å². The second kappa shape index (κ2) is 9.65. The van der Waals surface area contributed by atoms with Crippen LogP contribution in [-0.2, 0) is 11.3 Å². The highest BCUT2D eigenvalue weighted by molar-refractivity contribution is 5.76. The van der Waals surface area contributed by atoms with Crippen LogP contribution in [0.4, 0.5) is 0 Å². The van der Waals surface area contributed by atoms with Crippen LogP contribution in [0.2, 0.25) is 0 Å². The predicted molar refractivity (Wildman–Crippen MR) is 104 cm³/mol. The van der Waals surface area contributed by atoms with Gasteiger partial charge in [-0.1, -0.05) is 49.3 Å². The molecule has 1 atom stereocenters. The topological polar surface area (TPSA) is 71.3 Å². The van der Waals surface area contributed by atoms with E-state index in [1.165, 1.54) is 5.56 Å². The molecule has 6 nitrogen and oxygen atoms in total. The number of nitrogens with one attached hydrogen (secondary N) is 1. The molecule has 1 fully saturated rings. The van der Waals surface area contributed by atoms with E-state index in [-0.39, 0.29) is 17.7 Å². The van der Waals surface area contributed by atoms with Gasteiger partial charge in [-0.05, 0) is 31.4 Å². The zero-order chi connectivity index (χ0) is 19.1. The van der Waals surface area contributed by atoms with E-state index >= 15 is 0 Å². The number of carbonyl (C=O) groups is 1. The summed E-state index contributed by atoms with van der Waals surface area (Å²) in [5, 5.41) is 7.15. The predicted octanol–water partition coefficient (Wildman–Crippen LogP) is 3.47. The van der Waals surface area contributed by atoms with E-state index in [4.69, 9.17) is 4.52 Å². The largest absolute Gasteiger partial charge is 0.356 e. The third-order valence-electron chi connectivity index (χ3n) is 5.07. The van der Waals surface area contributed by atoms with Crippen molar-refractivity contribution in [2.24, 2.45) is 0 Å². The van der Waals surface area contributed by atoms with Crippen LogP contribution < -0.4 is 5.32 Å². The normalized spacial score (nSPS) is 20.3. The Hall–Kier alpha value is -2.21. The fourth-order valence-electron chi connectivity index (χ4n) is 3.45. The summed E-state index contributed by atoms with van der Waals surface area (Å²) in [6, 6.07) is 10.4. The number of amides is 1. The number of aromatic nitrogens is 2. The van der Waals surface area contributed by atoms with E-state index in [0.717, 1.165) is 44.7 Å². The molecule has 1 saturated heterocycles. The average Bonchev–Trinajstić information content (AvgIpc) is 3.14. The molecule has 2 aromatic rings. The van der Waals surface area contributed by atoms with Gasteiger partial charge in [0.05, 0.1) is 0 Å². The fourth-order valence-corrected chi connectivity index (χ4v) is 3.45. The van der Waals surface area contributed by atoms with E-state index < -0.39 is 0 Å². The standard InChI is InChI=1S/C21H30N4O2/c1-16(2)20-23-21(27-24-20)18-9-6-13-25(14-11-19(26)22-12-10-18)15-17-7-4-3-5-8-17/h3-5,7-8,16,18H,6,9-15H2,1-2H3,(H,22,26). The van der Waals surface area contributed by atoms with Crippen molar-refractivity contribution in [1.82, 2.24) is 20.4 Å². The lowest BCUT2D eigenvalue weighted by atomic mass is 9.99. The highest BCUT2D eigenvalue weighted by Crippen LogP contribution is 2.25. The molecule has 0 saturated carbocycles. The van der Waals surface area contributed by atoms with Crippen LogP contribution in [0.25, 0.3) is 0 Å². The summed E-state index contributed by atoms with van der Waals surface area (Å²) in [6.45, 7) is 7.40. The van der Waals surface area contributed by atoms with Crippen LogP contribution in [0.3, 0.4) is 0 Å². The van der Waals surface area contributed by atoms with Gasteiger partial charge in [0, 0.05) is 37.9 Å². The molecule has 1 aromatic heterocycles. The Morgan fingerprint density at radius 2 is 2.04 bits per heavy atom. The zero-order valence-electron chi connectivity index (χ0n) is 16.4. The van der Waals surface area contributed by atoms with Crippen molar-refractivity contribution in [3.05, 3.63) is 47.6 Å². The van der Waals surface area contributed by atoms with Gasteiger partial charge in [-0.15, -0.1) is 0 Å². The number of benzene rings is 1. The van der Waals surface area contributed by atoms with Crippen LogP contribution in [0.15, 0.2) is 34.9 Å². The van der Waals surface area contributed by atoms with Crippen LogP contribution >= 0.6 is 0 Å². The number of nitrogens with zero attached hydrogens (tertiary/aromatic N) is 3. The number of rotatable bonds is 4. The van der Waals surface area contributed by atoms with Crippen LogP contribution in [0, 0.1) is 0 Å². The summed E-state index contributed by atoms with van der Waals surface area (Å²) in [7, 11) is 0.